The Hall–Kier alpha value is -0.930. The summed E-state index contributed by atoms with van der Waals surface area (Å²) >= 11 is 0. The molecule has 2 rings (SSSR count). The van der Waals surface area contributed by atoms with Crippen molar-refractivity contribution in [2.75, 3.05) is 19.8 Å². The quantitative estimate of drug-likeness (QED) is 0.869. The third-order valence-corrected chi connectivity index (χ3v) is 3.43. The molecule has 1 aliphatic heterocycles. The summed E-state index contributed by atoms with van der Waals surface area (Å²) in [5.74, 6) is 0.539. The lowest BCUT2D eigenvalue weighted by atomic mass is 9.99. The normalized spacial score (nSPS) is 19.2. The second kappa shape index (κ2) is 6.12. The molecule has 1 aliphatic rings. The van der Waals surface area contributed by atoms with Crippen LogP contribution in [0.3, 0.4) is 0 Å². The fourth-order valence-corrected chi connectivity index (χ4v) is 2.23. The molecule has 0 saturated carbocycles. The van der Waals surface area contributed by atoms with E-state index in [1.54, 1.807) is 6.07 Å². The van der Waals surface area contributed by atoms with Gasteiger partial charge in [-0.15, -0.1) is 0 Å². The van der Waals surface area contributed by atoms with Crippen molar-refractivity contribution in [2.24, 2.45) is 5.92 Å². The Morgan fingerprint density at radius 3 is 2.76 bits per heavy atom. The second-order valence-electron chi connectivity index (χ2n) is 4.71. The summed E-state index contributed by atoms with van der Waals surface area (Å²) in [4.78, 5) is 0. The van der Waals surface area contributed by atoms with Crippen molar-refractivity contribution < 1.29 is 9.13 Å². The number of hydrogen-bond acceptors (Lipinski definition) is 2. The topological polar surface area (TPSA) is 21.3 Å². The second-order valence-corrected chi connectivity index (χ2v) is 4.71. The molecule has 17 heavy (non-hydrogen) atoms. The van der Waals surface area contributed by atoms with Gasteiger partial charge in [-0.25, -0.2) is 4.39 Å². The molecule has 1 aromatic rings. The van der Waals surface area contributed by atoms with E-state index >= 15 is 0 Å². The first-order chi connectivity index (χ1) is 8.27. The minimum absolute atomic E-state index is 0.0686. The van der Waals surface area contributed by atoms with E-state index in [1.165, 1.54) is 6.07 Å². The monoisotopic (exact) mass is 237 g/mol. The van der Waals surface area contributed by atoms with E-state index < -0.39 is 0 Å². The van der Waals surface area contributed by atoms with Gasteiger partial charge in [-0.3, -0.25) is 0 Å². The van der Waals surface area contributed by atoms with Crippen LogP contribution in [0.2, 0.25) is 0 Å². The molecule has 1 unspecified atom stereocenters. The van der Waals surface area contributed by atoms with Gasteiger partial charge in [0.15, 0.2) is 0 Å². The van der Waals surface area contributed by atoms with Crippen molar-refractivity contribution in [3.63, 3.8) is 0 Å². The van der Waals surface area contributed by atoms with E-state index in [9.17, 15) is 4.39 Å². The van der Waals surface area contributed by atoms with E-state index in [-0.39, 0.29) is 11.9 Å². The first-order valence-corrected chi connectivity index (χ1v) is 6.33. The molecule has 1 heterocycles. The van der Waals surface area contributed by atoms with E-state index in [2.05, 4.69) is 5.32 Å². The first-order valence-electron chi connectivity index (χ1n) is 6.33. The van der Waals surface area contributed by atoms with Crippen LogP contribution in [0, 0.1) is 11.7 Å². The van der Waals surface area contributed by atoms with Crippen molar-refractivity contribution in [1.82, 2.24) is 5.32 Å². The van der Waals surface area contributed by atoms with Crippen LogP contribution < -0.4 is 5.32 Å². The highest BCUT2D eigenvalue weighted by molar-refractivity contribution is 5.20. The smallest absolute Gasteiger partial charge is 0.127 e. The van der Waals surface area contributed by atoms with Crippen molar-refractivity contribution >= 4 is 0 Å². The van der Waals surface area contributed by atoms with Crippen molar-refractivity contribution in [1.29, 1.82) is 0 Å². The summed E-state index contributed by atoms with van der Waals surface area (Å²) in [6.45, 7) is 4.68. The lowest BCUT2D eigenvalue weighted by Crippen LogP contribution is -2.29. The number of nitrogens with one attached hydrogen (secondary N) is 1. The van der Waals surface area contributed by atoms with Gasteiger partial charge in [0.1, 0.15) is 5.82 Å². The molecule has 1 N–H and O–H groups in total. The highest BCUT2D eigenvalue weighted by atomic mass is 19.1. The Balaban J connectivity index is 1.84. The lowest BCUT2D eigenvalue weighted by molar-refractivity contribution is 0.0656. The van der Waals surface area contributed by atoms with E-state index in [0.717, 1.165) is 38.2 Å². The maximum Gasteiger partial charge on any atom is 0.127 e. The Morgan fingerprint density at radius 2 is 2.06 bits per heavy atom. The molecule has 1 atom stereocenters. The Morgan fingerprint density at radius 1 is 1.35 bits per heavy atom. The predicted octanol–water partition coefficient (Wildman–Crippen LogP) is 2.90. The van der Waals surface area contributed by atoms with Crippen LogP contribution in [-0.2, 0) is 4.74 Å². The summed E-state index contributed by atoms with van der Waals surface area (Å²) in [6, 6.07) is 7.03. The van der Waals surface area contributed by atoms with Crippen LogP contribution in [0.15, 0.2) is 24.3 Å². The average molecular weight is 237 g/mol. The fourth-order valence-electron chi connectivity index (χ4n) is 2.23. The van der Waals surface area contributed by atoms with Gasteiger partial charge >= 0.3 is 0 Å². The van der Waals surface area contributed by atoms with Crippen LogP contribution in [0.4, 0.5) is 4.39 Å². The molecular weight excluding hydrogens is 217 g/mol. The average Bonchev–Trinajstić information content (AvgIpc) is 2.38. The van der Waals surface area contributed by atoms with Gasteiger partial charge in [-0.2, -0.15) is 0 Å². The number of rotatable bonds is 4. The van der Waals surface area contributed by atoms with Gasteiger partial charge < -0.3 is 10.1 Å². The molecule has 1 fully saturated rings. The number of benzene rings is 1. The van der Waals surface area contributed by atoms with Crippen LogP contribution in [0.25, 0.3) is 0 Å². The minimum Gasteiger partial charge on any atom is -0.381 e. The largest absolute Gasteiger partial charge is 0.381 e. The third kappa shape index (κ3) is 3.51. The molecule has 2 nitrogen and oxygen atoms in total. The van der Waals surface area contributed by atoms with Gasteiger partial charge in [-0.1, -0.05) is 18.2 Å². The van der Waals surface area contributed by atoms with Gasteiger partial charge in [0.05, 0.1) is 0 Å². The Kier molecular flexibility index (Phi) is 4.51. The van der Waals surface area contributed by atoms with Gasteiger partial charge in [-0.05, 0) is 38.3 Å². The van der Waals surface area contributed by atoms with E-state index in [1.807, 2.05) is 19.1 Å². The van der Waals surface area contributed by atoms with E-state index in [4.69, 9.17) is 4.74 Å². The van der Waals surface area contributed by atoms with Crippen LogP contribution >= 0.6 is 0 Å². The predicted molar refractivity (Wildman–Crippen MR) is 66.4 cm³/mol. The molecule has 0 aromatic heterocycles. The SMILES string of the molecule is CC(NCC1CCOCC1)c1ccccc1F. The summed E-state index contributed by atoms with van der Waals surface area (Å²) in [5.41, 5.74) is 0.750. The highest BCUT2D eigenvalue weighted by Crippen LogP contribution is 2.18. The van der Waals surface area contributed by atoms with E-state index in [0.29, 0.717) is 5.92 Å². The number of halogens is 1. The molecule has 0 amide bonds. The van der Waals surface area contributed by atoms with Gasteiger partial charge in [0.25, 0.3) is 0 Å². The van der Waals surface area contributed by atoms with Crippen LogP contribution in [0.5, 0.6) is 0 Å². The lowest BCUT2D eigenvalue weighted by Gasteiger charge is -2.24. The Labute approximate surface area is 102 Å². The maximum atomic E-state index is 13.5. The summed E-state index contributed by atoms with van der Waals surface area (Å²) < 4.78 is 18.9. The fraction of sp³-hybridized carbons (Fsp3) is 0.571. The van der Waals surface area contributed by atoms with Crippen molar-refractivity contribution in [2.45, 2.75) is 25.8 Å². The highest BCUT2D eigenvalue weighted by Gasteiger charge is 2.16. The molecule has 3 heteroatoms. The molecule has 0 bridgehead atoms. The minimum atomic E-state index is -0.125. The zero-order valence-electron chi connectivity index (χ0n) is 10.3. The first kappa shape index (κ1) is 12.5. The van der Waals surface area contributed by atoms with Crippen molar-refractivity contribution in [3.05, 3.63) is 35.6 Å². The zero-order valence-corrected chi connectivity index (χ0v) is 10.3. The molecule has 1 aromatic carbocycles. The summed E-state index contributed by atoms with van der Waals surface area (Å²) in [7, 11) is 0. The molecule has 94 valence electrons. The van der Waals surface area contributed by atoms with Gasteiger partial charge in [0, 0.05) is 24.8 Å². The summed E-state index contributed by atoms with van der Waals surface area (Å²) in [5, 5.41) is 3.41. The Bertz CT molecular complexity index is 350. The number of hydrogen-bond donors (Lipinski definition) is 1. The maximum absolute atomic E-state index is 13.5. The molecular formula is C14H20FNO. The zero-order chi connectivity index (χ0) is 12.1. The molecule has 0 spiro atoms. The van der Waals surface area contributed by atoms with Crippen LogP contribution in [0.1, 0.15) is 31.4 Å². The van der Waals surface area contributed by atoms with Gasteiger partial charge in [0.2, 0.25) is 0 Å². The van der Waals surface area contributed by atoms with Crippen LogP contribution in [-0.4, -0.2) is 19.8 Å². The third-order valence-electron chi connectivity index (χ3n) is 3.43. The standard InChI is InChI=1S/C14H20FNO/c1-11(13-4-2-3-5-14(13)15)16-10-12-6-8-17-9-7-12/h2-5,11-12,16H,6-10H2,1H3. The molecule has 0 aliphatic carbocycles. The molecule has 1 saturated heterocycles. The van der Waals surface area contributed by atoms with Crippen molar-refractivity contribution in [3.8, 4) is 0 Å². The molecule has 0 radical (unpaired) electrons. The summed E-state index contributed by atoms with van der Waals surface area (Å²) in [6.07, 6.45) is 2.22. The number of ether oxygens (including phenoxy) is 1.